The minimum Gasteiger partial charge on any atom is -0.497 e. The molecule has 0 radical (unpaired) electrons. The second kappa shape index (κ2) is 10.1. The SMILES string of the molecule is CCOc1ccccc1C(=O)NCCCC(=O)Nc1ccc(OC)cc1. The van der Waals surface area contributed by atoms with E-state index in [1.165, 1.54) is 0 Å². The van der Waals surface area contributed by atoms with Crippen molar-refractivity contribution < 1.29 is 19.1 Å². The second-order valence-electron chi connectivity index (χ2n) is 5.57. The van der Waals surface area contributed by atoms with E-state index in [2.05, 4.69) is 10.6 Å². The van der Waals surface area contributed by atoms with Gasteiger partial charge in [0.15, 0.2) is 0 Å². The topological polar surface area (TPSA) is 76.7 Å². The predicted octanol–water partition coefficient (Wildman–Crippen LogP) is 3.24. The fourth-order valence-corrected chi connectivity index (χ4v) is 2.38. The molecule has 0 fully saturated rings. The highest BCUT2D eigenvalue weighted by atomic mass is 16.5. The molecular formula is C20H24N2O4. The van der Waals surface area contributed by atoms with E-state index in [0.29, 0.717) is 43.0 Å². The van der Waals surface area contributed by atoms with Crippen LogP contribution in [0.25, 0.3) is 0 Å². The summed E-state index contributed by atoms with van der Waals surface area (Å²) in [6, 6.07) is 14.2. The molecule has 2 aromatic rings. The maximum Gasteiger partial charge on any atom is 0.255 e. The molecule has 0 spiro atoms. The number of nitrogens with one attached hydrogen (secondary N) is 2. The average Bonchev–Trinajstić information content (AvgIpc) is 2.66. The number of carbonyl (C=O) groups is 2. The summed E-state index contributed by atoms with van der Waals surface area (Å²) in [4.78, 5) is 24.2. The lowest BCUT2D eigenvalue weighted by molar-refractivity contribution is -0.116. The highest BCUT2D eigenvalue weighted by Crippen LogP contribution is 2.18. The molecule has 0 aliphatic heterocycles. The Morgan fingerprint density at radius 3 is 2.46 bits per heavy atom. The molecule has 0 aliphatic rings. The molecule has 0 aromatic heterocycles. The second-order valence-corrected chi connectivity index (χ2v) is 5.57. The van der Waals surface area contributed by atoms with Gasteiger partial charge in [0.05, 0.1) is 19.3 Å². The van der Waals surface area contributed by atoms with Crippen LogP contribution in [0, 0.1) is 0 Å². The van der Waals surface area contributed by atoms with Gasteiger partial charge in [-0.25, -0.2) is 0 Å². The lowest BCUT2D eigenvalue weighted by Gasteiger charge is -2.10. The largest absolute Gasteiger partial charge is 0.497 e. The molecule has 6 heteroatoms. The third kappa shape index (κ3) is 5.81. The fraction of sp³-hybridized carbons (Fsp3) is 0.300. The molecule has 0 unspecified atom stereocenters. The van der Waals surface area contributed by atoms with Crippen LogP contribution in [0.2, 0.25) is 0 Å². The number of rotatable bonds is 9. The van der Waals surface area contributed by atoms with Gasteiger partial charge in [-0.1, -0.05) is 12.1 Å². The molecule has 6 nitrogen and oxygen atoms in total. The summed E-state index contributed by atoms with van der Waals surface area (Å²) >= 11 is 0. The standard InChI is InChI=1S/C20H24N2O4/c1-3-26-18-8-5-4-7-17(18)20(24)21-14-6-9-19(23)22-15-10-12-16(25-2)13-11-15/h4-5,7-8,10-13H,3,6,9,14H2,1-2H3,(H,21,24)(H,22,23). The van der Waals surface area contributed by atoms with Crippen LogP contribution in [0.15, 0.2) is 48.5 Å². The van der Waals surface area contributed by atoms with Gasteiger partial charge in [-0.05, 0) is 49.7 Å². The molecule has 2 rings (SSSR count). The quantitative estimate of drug-likeness (QED) is 0.676. The van der Waals surface area contributed by atoms with Gasteiger partial charge in [-0.3, -0.25) is 9.59 Å². The number of hydrogen-bond donors (Lipinski definition) is 2. The fourth-order valence-electron chi connectivity index (χ4n) is 2.38. The van der Waals surface area contributed by atoms with Crippen molar-refractivity contribution in [2.75, 3.05) is 25.6 Å². The van der Waals surface area contributed by atoms with Crippen LogP contribution in [-0.2, 0) is 4.79 Å². The van der Waals surface area contributed by atoms with Crippen LogP contribution < -0.4 is 20.1 Å². The Hall–Kier alpha value is -3.02. The highest BCUT2D eigenvalue weighted by molar-refractivity contribution is 5.97. The zero-order chi connectivity index (χ0) is 18.8. The third-order valence-electron chi connectivity index (χ3n) is 3.67. The molecule has 138 valence electrons. The van der Waals surface area contributed by atoms with Crippen LogP contribution in [0.3, 0.4) is 0 Å². The molecule has 0 heterocycles. The van der Waals surface area contributed by atoms with Crippen LogP contribution in [0.1, 0.15) is 30.1 Å². The van der Waals surface area contributed by atoms with Crippen molar-refractivity contribution in [1.82, 2.24) is 5.32 Å². The van der Waals surface area contributed by atoms with Gasteiger partial charge in [0.25, 0.3) is 5.91 Å². The molecular weight excluding hydrogens is 332 g/mol. The Morgan fingerprint density at radius 1 is 1.04 bits per heavy atom. The first-order valence-corrected chi connectivity index (χ1v) is 8.58. The number of methoxy groups -OCH3 is 1. The first kappa shape index (κ1) is 19.3. The summed E-state index contributed by atoms with van der Waals surface area (Å²) in [7, 11) is 1.59. The predicted molar refractivity (Wildman–Crippen MR) is 101 cm³/mol. The Bertz CT molecular complexity index is 729. The van der Waals surface area contributed by atoms with Gasteiger partial charge >= 0.3 is 0 Å². The number of ether oxygens (including phenoxy) is 2. The normalized spacial score (nSPS) is 10.1. The lowest BCUT2D eigenvalue weighted by Crippen LogP contribution is -2.26. The number of hydrogen-bond acceptors (Lipinski definition) is 4. The van der Waals surface area contributed by atoms with Crippen LogP contribution in [0.4, 0.5) is 5.69 Å². The first-order valence-electron chi connectivity index (χ1n) is 8.58. The van der Waals surface area contributed by atoms with E-state index >= 15 is 0 Å². The summed E-state index contributed by atoms with van der Waals surface area (Å²) in [5.41, 5.74) is 1.21. The van der Waals surface area contributed by atoms with E-state index in [0.717, 1.165) is 5.75 Å². The molecule has 0 bridgehead atoms. The molecule has 0 saturated heterocycles. The molecule has 0 saturated carbocycles. The smallest absolute Gasteiger partial charge is 0.255 e. The van der Waals surface area contributed by atoms with Crippen molar-refractivity contribution in [1.29, 1.82) is 0 Å². The minimum atomic E-state index is -0.204. The molecule has 2 N–H and O–H groups in total. The third-order valence-corrected chi connectivity index (χ3v) is 3.67. The van der Waals surface area contributed by atoms with E-state index < -0.39 is 0 Å². The van der Waals surface area contributed by atoms with Crippen LogP contribution >= 0.6 is 0 Å². The number of para-hydroxylation sites is 1. The molecule has 2 amide bonds. The zero-order valence-electron chi connectivity index (χ0n) is 15.1. The summed E-state index contributed by atoms with van der Waals surface area (Å²) in [6.07, 6.45) is 0.865. The summed E-state index contributed by atoms with van der Waals surface area (Å²) < 4.78 is 10.5. The maximum atomic E-state index is 12.2. The molecule has 2 aromatic carbocycles. The summed E-state index contributed by atoms with van der Waals surface area (Å²) in [5, 5.41) is 5.63. The monoisotopic (exact) mass is 356 g/mol. The van der Waals surface area contributed by atoms with Gasteiger partial charge in [-0.15, -0.1) is 0 Å². The van der Waals surface area contributed by atoms with Gasteiger partial charge in [0, 0.05) is 18.7 Å². The van der Waals surface area contributed by atoms with E-state index in [9.17, 15) is 9.59 Å². The van der Waals surface area contributed by atoms with Crippen molar-refractivity contribution in [3.63, 3.8) is 0 Å². The molecule has 26 heavy (non-hydrogen) atoms. The Labute approximate surface area is 153 Å². The van der Waals surface area contributed by atoms with E-state index in [4.69, 9.17) is 9.47 Å². The molecule has 0 atom stereocenters. The number of anilines is 1. The van der Waals surface area contributed by atoms with Crippen molar-refractivity contribution in [2.24, 2.45) is 0 Å². The number of carbonyl (C=O) groups excluding carboxylic acids is 2. The molecule has 0 aliphatic carbocycles. The van der Waals surface area contributed by atoms with Gasteiger partial charge in [0.1, 0.15) is 11.5 Å². The highest BCUT2D eigenvalue weighted by Gasteiger charge is 2.11. The van der Waals surface area contributed by atoms with Crippen molar-refractivity contribution in [2.45, 2.75) is 19.8 Å². The van der Waals surface area contributed by atoms with Crippen LogP contribution in [-0.4, -0.2) is 32.1 Å². The summed E-state index contributed by atoms with van der Waals surface area (Å²) in [6.45, 7) is 2.78. The zero-order valence-corrected chi connectivity index (χ0v) is 15.1. The van der Waals surface area contributed by atoms with Gasteiger partial charge in [0.2, 0.25) is 5.91 Å². The summed E-state index contributed by atoms with van der Waals surface area (Å²) in [5.74, 6) is 0.992. The van der Waals surface area contributed by atoms with Gasteiger partial charge < -0.3 is 20.1 Å². The Kier molecular flexibility index (Phi) is 7.49. The lowest BCUT2D eigenvalue weighted by atomic mass is 10.2. The number of benzene rings is 2. The van der Waals surface area contributed by atoms with Gasteiger partial charge in [-0.2, -0.15) is 0 Å². The minimum absolute atomic E-state index is 0.0980. The number of amides is 2. The van der Waals surface area contributed by atoms with E-state index in [-0.39, 0.29) is 11.8 Å². The van der Waals surface area contributed by atoms with Crippen LogP contribution in [0.5, 0.6) is 11.5 Å². The first-order chi connectivity index (χ1) is 12.6. The van der Waals surface area contributed by atoms with Crippen molar-refractivity contribution in [3.05, 3.63) is 54.1 Å². The van der Waals surface area contributed by atoms with Crippen molar-refractivity contribution >= 4 is 17.5 Å². The van der Waals surface area contributed by atoms with E-state index in [1.807, 2.05) is 13.0 Å². The van der Waals surface area contributed by atoms with E-state index in [1.54, 1.807) is 49.6 Å². The van der Waals surface area contributed by atoms with Crippen molar-refractivity contribution in [3.8, 4) is 11.5 Å². The Balaban J connectivity index is 1.74. The maximum absolute atomic E-state index is 12.2. The average molecular weight is 356 g/mol. The Morgan fingerprint density at radius 2 is 1.77 bits per heavy atom.